The quantitative estimate of drug-likeness (QED) is 0.838. The van der Waals surface area contributed by atoms with E-state index in [1.807, 2.05) is 19.9 Å². The summed E-state index contributed by atoms with van der Waals surface area (Å²) >= 11 is 0. The molecule has 0 amide bonds. The Labute approximate surface area is 117 Å². The Kier molecular flexibility index (Phi) is 6.07. The zero-order chi connectivity index (χ0) is 15.2. The summed E-state index contributed by atoms with van der Waals surface area (Å²) in [5, 5.41) is 3.33. The molecule has 1 atom stereocenters. The van der Waals surface area contributed by atoms with E-state index in [0.717, 1.165) is 18.5 Å². The van der Waals surface area contributed by atoms with Gasteiger partial charge in [0.05, 0.1) is 0 Å². The largest absolute Gasteiger partial charge is 0.573 e. The van der Waals surface area contributed by atoms with Crippen molar-refractivity contribution in [2.24, 2.45) is 0 Å². The molecule has 5 heteroatoms. The molecule has 1 unspecified atom stereocenters. The number of benzene rings is 1. The van der Waals surface area contributed by atoms with Gasteiger partial charge in [-0.2, -0.15) is 0 Å². The molecule has 0 bridgehead atoms. The van der Waals surface area contributed by atoms with Crippen LogP contribution in [0.2, 0.25) is 0 Å². The van der Waals surface area contributed by atoms with Crippen molar-refractivity contribution in [3.05, 3.63) is 35.4 Å². The number of nitrogens with one attached hydrogen (secondary N) is 1. The molecule has 0 aromatic heterocycles. The molecule has 1 aromatic rings. The van der Waals surface area contributed by atoms with Gasteiger partial charge in [-0.3, -0.25) is 0 Å². The number of ether oxygens (including phenoxy) is 1. The molecule has 112 valence electrons. The molecule has 0 fully saturated rings. The Hall–Kier alpha value is -1.49. The van der Waals surface area contributed by atoms with Crippen molar-refractivity contribution in [1.82, 2.24) is 5.32 Å². The predicted octanol–water partition coefficient (Wildman–Crippen LogP) is 4.38. The summed E-state index contributed by atoms with van der Waals surface area (Å²) in [7, 11) is 0. The fraction of sp³-hybridized carbons (Fsp3) is 0.467. The van der Waals surface area contributed by atoms with E-state index in [4.69, 9.17) is 0 Å². The van der Waals surface area contributed by atoms with Crippen molar-refractivity contribution in [2.45, 2.75) is 39.6 Å². The Bertz CT molecular complexity index is 455. The minimum Gasteiger partial charge on any atom is -0.406 e. The molecule has 0 aliphatic heterocycles. The van der Waals surface area contributed by atoms with Crippen molar-refractivity contribution in [1.29, 1.82) is 0 Å². The first-order valence-electron chi connectivity index (χ1n) is 6.59. The van der Waals surface area contributed by atoms with Crippen LogP contribution in [0.5, 0.6) is 5.75 Å². The van der Waals surface area contributed by atoms with Crippen LogP contribution >= 0.6 is 0 Å². The standard InChI is InChI=1S/C15H20F3NO/c1-4-8-19-12(3)11(2)9-13-6-5-7-14(10-13)20-15(16,17)18/h5-7,9-10,12,19H,4,8H2,1-3H3/b11-9+. The van der Waals surface area contributed by atoms with Gasteiger partial charge >= 0.3 is 6.36 Å². The zero-order valence-corrected chi connectivity index (χ0v) is 11.9. The monoisotopic (exact) mass is 287 g/mol. The highest BCUT2D eigenvalue weighted by Gasteiger charge is 2.31. The van der Waals surface area contributed by atoms with Crippen LogP contribution in [0.15, 0.2) is 29.8 Å². The summed E-state index contributed by atoms with van der Waals surface area (Å²) in [6, 6.07) is 6.15. The van der Waals surface area contributed by atoms with Crippen LogP contribution in [0.4, 0.5) is 13.2 Å². The summed E-state index contributed by atoms with van der Waals surface area (Å²) in [5.41, 5.74) is 1.75. The van der Waals surface area contributed by atoms with Crippen LogP contribution in [-0.4, -0.2) is 18.9 Å². The average molecular weight is 287 g/mol. The van der Waals surface area contributed by atoms with E-state index >= 15 is 0 Å². The van der Waals surface area contributed by atoms with Crippen LogP contribution in [0.25, 0.3) is 6.08 Å². The molecule has 2 nitrogen and oxygen atoms in total. The second-order valence-electron chi connectivity index (χ2n) is 4.68. The van der Waals surface area contributed by atoms with Crippen molar-refractivity contribution < 1.29 is 17.9 Å². The van der Waals surface area contributed by atoms with Crippen molar-refractivity contribution in [3.8, 4) is 5.75 Å². The highest BCUT2D eigenvalue weighted by Crippen LogP contribution is 2.24. The first kappa shape index (κ1) is 16.6. The second kappa shape index (κ2) is 7.33. The molecule has 0 aliphatic rings. The maximum atomic E-state index is 12.2. The van der Waals surface area contributed by atoms with Crippen molar-refractivity contribution >= 4 is 6.08 Å². The fourth-order valence-corrected chi connectivity index (χ4v) is 1.71. The molecule has 0 aliphatic carbocycles. The van der Waals surface area contributed by atoms with Crippen LogP contribution in [0, 0.1) is 0 Å². The molecule has 20 heavy (non-hydrogen) atoms. The van der Waals surface area contributed by atoms with Gasteiger partial charge in [-0.25, -0.2) is 0 Å². The minimum absolute atomic E-state index is 0.183. The van der Waals surface area contributed by atoms with E-state index in [0.29, 0.717) is 5.56 Å². The van der Waals surface area contributed by atoms with Gasteiger partial charge in [0.2, 0.25) is 0 Å². The molecule has 0 saturated heterocycles. The summed E-state index contributed by atoms with van der Waals surface area (Å²) in [5.74, 6) is -0.201. The third kappa shape index (κ3) is 6.10. The highest BCUT2D eigenvalue weighted by atomic mass is 19.4. The fourth-order valence-electron chi connectivity index (χ4n) is 1.71. The van der Waals surface area contributed by atoms with Crippen LogP contribution in [0.3, 0.4) is 0 Å². The van der Waals surface area contributed by atoms with E-state index in [1.54, 1.807) is 12.1 Å². The molecule has 1 N–H and O–H groups in total. The summed E-state index contributed by atoms with van der Waals surface area (Å²) in [6.07, 6.45) is -1.77. The summed E-state index contributed by atoms with van der Waals surface area (Å²) in [6.45, 7) is 6.96. The Morgan fingerprint density at radius 2 is 2.10 bits per heavy atom. The Morgan fingerprint density at radius 1 is 1.40 bits per heavy atom. The number of hydrogen-bond donors (Lipinski definition) is 1. The maximum absolute atomic E-state index is 12.2. The Morgan fingerprint density at radius 3 is 2.70 bits per heavy atom. The first-order chi connectivity index (χ1) is 9.31. The van der Waals surface area contributed by atoms with Crippen LogP contribution in [0.1, 0.15) is 32.8 Å². The third-order valence-electron chi connectivity index (χ3n) is 2.87. The van der Waals surface area contributed by atoms with Gasteiger partial charge in [-0.05, 0) is 44.5 Å². The van der Waals surface area contributed by atoms with Crippen molar-refractivity contribution in [2.75, 3.05) is 6.54 Å². The van der Waals surface area contributed by atoms with Crippen LogP contribution < -0.4 is 10.1 Å². The van der Waals surface area contributed by atoms with Gasteiger partial charge in [0.1, 0.15) is 5.75 Å². The SMILES string of the molecule is CCCNC(C)/C(C)=C/c1cccc(OC(F)(F)F)c1. The first-order valence-corrected chi connectivity index (χ1v) is 6.59. The van der Waals surface area contributed by atoms with Gasteiger partial charge < -0.3 is 10.1 Å². The molecule has 0 spiro atoms. The molecule has 0 saturated carbocycles. The Balaban J connectivity index is 2.79. The lowest BCUT2D eigenvalue weighted by atomic mass is 10.1. The number of alkyl halides is 3. The third-order valence-corrected chi connectivity index (χ3v) is 2.87. The molecule has 1 rings (SSSR count). The topological polar surface area (TPSA) is 21.3 Å². The smallest absolute Gasteiger partial charge is 0.406 e. The molecule has 0 heterocycles. The minimum atomic E-state index is -4.66. The predicted molar refractivity (Wildman–Crippen MR) is 74.5 cm³/mol. The zero-order valence-electron chi connectivity index (χ0n) is 11.9. The van der Waals surface area contributed by atoms with Gasteiger partial charge in [-0.15, -0.1) is 13.2 Å². The summed E-state index contributed by atoms with van der Waals surface area (Å²) < 4.78 is 40.4. The lowest BCUT2D eigenvalue weighted by Crippen LogP contribution is -2.27. The molecule has 1 aromatic carbocycles. The van der Waals surface area contributed by atoms with Gasteiger partial charge in [0.15, 0.2) is 0 Å². The molecular formula is C15H20F3NO. The number of halogens is 3. The van der Waals surface area contributed by atoms with E-state index < -0.39 is 6.36 Å². The average Bonchev–Trinajstić information content (AvgIpc) is 2.34. The number of rotatable bonds is 6. The van der Waals surface area contributed by atoms with E-state index in [-0.39, 0.29) is 11.8 Å². The van der Waals surface area contributed by atoms with Crippen LogP contribution in [-0.2, 0) is 0 Å². The molecular weight excluding hydrogens is 267 g/mol. The van der Waals surface area contributed by atoms with Gasteiger partial charge in [0, 0.05) is 6.04 Å². The van der Waals surface area contributed by atoms with Gasteiger partial charge in [-0.1, -0.05) is 30.7 Å². The van der Waals surface area contributed by atoms with E-state index in [9.17, 15) is 13.2 Å². The summed E-state index contributed by atoms with van der Waals surface area (Å²) in [4.78, 5) is 0. The van der Waals surface area contributed by atoms with E-state index in [2.05, 4.69) is 17.0 Å². The lowest BCUT2D eigenvalue weighted by Gasteiger charge is -2.14. The second-order valence-corrected chi connectivity index (χ2v) is 4.68. The lowest BCUT2D eigenvalue weighted by molar-refractivity contribution is -0.274. The normalized spacial score (nSPS) is 14.2. The molecule has 0 radical (unpaired) electrons. The van der Waals surface area contributed by atoms with Gasteiger partial charge in [0.25, 0.3) is 0 Å². The highest BCUT2D eigenvalue weighted by molar-refractivity contribution is 5.55. The van der Waals surface area contributed by atoms with E-state index in [1.165, 1.54) is 12.1 Å². The van der Waals surface area contributed by atoms with Crippen molar-refractivity contribution in [3.63, 3.8) is 0 Å². The number of hydrogen-bond acceptors (Lipinski definition) is 2. The maximum Gasteiger partial charge on any atom is 0.573 e.